The normalized spacial score (nSPS) is 16.4. The lowest BCUT2D eigenvalue weighted by Crippen LogP contribution is -2.30. The molecule has 3 heteroatoms. The highest BCUT2D eigenvalue weighted by Crippen LogP contribution is 2.28. The molecule has 1 aromatic rings. The molecular weight excluding hydrogens is 210 g/mol. The summed E-state index contributed by atoms with van der Waals surface area (Å²) in [6, 6.07) is 2.84. The van der Waals surface area contributed by atoms with Gasteiger partial charge in [0.15, 0.2) is 0 Å². The molecule has 0 atom stereocenters. The van der Waals surface area contributed by atoms with Crippen LogP contribution in [-0.2, 0) is 6.54 Å². The molecule has 0 bridgehead atoms. The smallest absolute Gasteiger partial charge is 0.0598 e. The second kappa shape index (κ2) is 6.01. The van der Waals surface area contributed by atoms with Gasteiger partial charge in [0, 0.05) is 25.8 Å². The Balaban J connectivity index is 2.12. The Hall–Kier alpha value is -1.09. The molecule has 1 heterocycles. The monoisotopic (exact) mass is 233 g/mol. The van der Waals surface area contributed by atoms with Crippen molar-refractivity contribution in [1.29, 1.82) is 0 Å². The molecular formula is C14H23N3. The molecule has 0 radical (unpaired) electrons. The van der Waals surface area contributed by atoms with Crippen molar-refractivity contribution in [2.75, 3.05) is 18.5 Å². The van der Waals surface area contributed by atoms with Gasteiger partial charge < -0.3 is 10.2 Å². The van der Waals surface area contributed by atoms with Gasteiger partial charge in [-0.1, -0.05) is 19.8 Å². The van der Waals surface area contributed by atoms with Crippen LogP contribution >= 0.6 is 0 Å². The van der Waals surface area contributed by atoms with E-state index < -0.39 is 0 Å². The van der Waals surface area contributed by atoms with Gasteiger partial charge in [0.1, 0.15) is 0 Å². The Kier molecular flexibility index (Phi) is 4.37. The van der Waals surface area contributed by atoms with Crippen molar-refractivity contribution >= 4 is 5.69 Å². The predicted octanol–water partition coefficient (Wildman–Crippen LogP) is 2.57. The molecule has 0 aromatic carbocycles. The minimum atomic E-state index is 0.708. The van der Waals surface area contributed by atoms with E-state index in [0.717, 1.165) is 13.1 Å². The lowest BCUT2D eigenvalue weighted by molar-refractivity contribution is 0.644. The van der Waals surface area contributed by atoms with Crippen molar-refractivity contribution < 1.29 is 0 Å². The fourth-order valence-corrected chi connectivity index (χ4v) is 2.63. The molecule has 1 aliphatic rings. The zero-order chi connectivity index (χ0) is 12.1. The molecule has 0 saturated heterocycles. The average Bonchev–Trinajstić information content (AvgIpc) is 2.89. The third-order valence-electron chi connectivity index (χ3n) is 3.71. The van der Waals surface area contributed by atoms with Crippen LogP contribution in [0.3, 0.4) is 0 Å². The summed E-state index contributed by atoms with van der Waals surface area (Å²) in [6.07, 6.45) is 9.29. The average molecular weight is 233 g/mol. The van der Waals surface area contributed by atoms with Crippen molar-refractivity contribution in [2.45, 2.75) is 45.2 Å². The first-order valence-corrected chi connectivity index (χ1v) is 6.69. The zero-order valence-electron chi connectivity index (χ0n) is 10.9. The molecule has 17 heavy (non-hydrogen) atoms. The molecule has 0 amide bonds. The zero-order valence-corrected chi connectivity index (χ0v) is 10.9. The van der Waals surface area contributed by atoms with Crippen LogP contribution in [0.15, 0.2) is 18.5 Å². The van der Waals surface area contributed by atoms with Gasteiger partial charge >= 0.3 is 0 Å². The molecule has 3 nitrogen and oxygen atoms in total. The van der Waals surface area contributed by atoms with E-state index >= 15 is 0 Å². The van der Waals surface area contributed by atoms with Crippen LogP contribution < -0.4 is 10.2 Å². The molecule has 94 valence electrons. The van der Waals surface area contributed by atoms with Gasteiger partial charge in [-0.15, -0.1) is 0 Å². The van der Waals surface area contributed by atoms with Crippen LogP contribution in [0.1, 0.15) is 38.2 Å². The van der Waals surface area contributed by atoms with E-state index in [0.29, 0.717) is 6.04 Å². The third-order valence-corrected chi connectivity index (χ3v) is 3.71. The van der Waals surface area contributed by atoms with Crippen LogP contribution in [0.5, 0.6) is 0 Å². The van der Waals surface area contributed by atoms with Crippen molar-refractivity contribution in [3.63, 3.8) is 0 Å². The Morgan fingerprint density at radius 1 is 1.41 bits per heavy atom. The Labute approximate surface area is 104 Å². The number of anilines is 1. The van der Waals surface area contributed by atoms with Crippen LogP contribution in [0, 0.1) is 0 Å². The molecule has 1 saturated carbocycles. The van der Waals surface area contributed by atoms with Crippen molar-refractivity contribution in [1.82, 2.24) is 10.3 Å². The van der Waals surface area contributed by atoms with Crippen LogP contribution in [0.25, 0.3) is 0 Å². The second-order valence-electron chi connectivity index (χ2n) is 4.83. The van der Waals surface area contributed by atoms with E-state index in [1.807, 2.05) is 12.4 Å². The lowest BCUT2D eigenvalue weighted by Gasteiger charge is -2.28. The van der Waals surface area contributed by atoms with Gasteiger partial charge in [-0.2, -0.15) is 0 Å². The van der Waals surface area contributed by atoms with Gasteiger partial charge in [-0.25, -0.2) is 0 Å². The third kappa shape index (κ3) is 2.97. The fourth-order valence-electron chi connectivity index (χ4n) is 2.63. The molecule has 1 N–H and O–H groups in total. The van der Waals surface area contributed by atoms with Gasteiger partial charge in [0.25, 0.3) is 0 Å². The summed E-state index contributed by atoms with van der Waals surface area (Å²) < 4.78 is 0. The summed E-state index contributed by atoms with van der Waals surface area (Å²) in [5, 5.41) is 3.40. The summed E-state index contributed by atoms with van der Waals surface area (Å²) in [7, 11) is 2.21. The van der Waals surface area contributed by atoms with E-state index in [9.17, 15) is 0 Å². The standard InChI is InChI=1S/C14H23N3/c1-3-15-10-12-8-9-16-11-14(12)17(2)13-6-4-5-7-13/h8-9,11,13,15H,3-7,10H2,1-2H3. The maximum atomic E-state index is 4.28. The number of pyridine rings is 1. The SMILES string of the molecule is CCNCc1ccncc1N(C)C1CCCC1. The number of hydrogen-bond acceptors (Lipinski definition) is 3. The van der Waals surface area contributed by atoms with Crippen molar-refractivity contribution in [2.24, 2.45) is 0 Å². The number of rotatable bonds is 5. The molecule has 0 aliphatic heterocycles. The van der Waals surface area contributed by atoms with Crippen molar-refractivity contribution in [3.05, 3.63) is 24.0 Å². The fraction of sp³-hybridized carbons (Fsp3) is 0.643. The number of aromatic nitrogens is 1. The molecule has 1 aliphatic carbocycles. The Morgan fingerprint density at radius 2 is 2.18 bits per heavy atom. The topological polar surface area (TPSA) is 28.2 Å². The van der Waals surface area contributed by atoms with E-state index in [4.69, 9.17) is 0 Å². The van der Waals surface area contributed by atoms with Crippen LogP contribution in [0.2, 0.25) is 0 Å². The summed E-state index contributed by atoms with van der Waals surface area (Å²) in [6.45, 7) is 4.09. The molecule has 0 spiro atoms. The summed E-state index contributed by atoms with van der Waals surface area (Å²) in [5.41, 5.74) is 2.65. The molecule has 0 unspecified atom stereocenters. The number of nitrogens with zero attached hydrogens (tertiary/aromatic N) is 2. The molecule has 2 rings (SSSR count). The van der Waals surface area contributed by atoms with Crippen LogP contribution in [-0.4, -0.2) is 24.6 Å². The van der Waals surface area contributed by atoms with E-state index in [1.165, 1.54) is 36.9 Å². The second-order valence-corrected chi connectivity index (χ2v) is 4.83. The van der Waals surface area contributed by atoms with Gasteiger partial charge in [-0.05, 0) is 31.0 Å². The Morgan fingerprint density at radius 3 is 2.88 bits per heavy atom. The first kappa shape index (κ1) is 12.4. The number of nitrogens with one attached hydrogen (secondary N) is 1. The van der Waals surface area contributed by atoms with Gasteiger partial charge in [-0.3, -0.25) is 4.98 Å². The predicted molar refractivity (Wildman–Crippen MR) is 72.3 cm³/mol. The quantitative estimate of drug-likeness (QED) is 0.847. The van der Waals surface area contributed by atoms with Gasteiger partial charge in [0.05, 0.1) is 11.9 Å². The van der Waals surface area contributed by atoms with Crippen molar-refractivity contribution in [3.8, 4) is 0 Å². The first-order chi connectivity index (χ1) is 8.33. The lowest BCUT2D eigenvalue weighted by atomic mass is 10.1. The summed E-state index contributed by atoms with van der Waals surface area (Å²) in [4.78, 5) is 6.70. The molecule has 1 fully saturated rings. The van der Waals surface area contributed by atoms with E-state index in [-0.39, 0.29) is 0 Å². The first-order valence-electron chi connectivity index (χ1n) is 6.69. The number of hydrogen-bond donors (Lipinski definition) is 1. The maximum absolute atomic E-state index is 4.28. The van der Waals surface area contributed by atoms with Gasteiger partial charge in [0.2, 0.25) is 0 Å². The van der Waals surface area contributed by atoms with E-state index in [1.54, 1.807) is 0 Å². The minimum absolute atomic E-state index is 0.708. The Bertz CT molecular complexity index is 345. The maximum Gasteiger partial charge on any atom is 0.0598 e. The summed E-state index contributed by atoms with van der Waals surface area (Å²) >= 11 is 0. The van der Waals surface area contributed by atoms with Crippen LogP contribution in [0.4, 0.5) is 5.69 Å². The highest BCUT2D eigenvalue weighted by atomic mass is 15.1. The highest BCUT2D eigenvalue weighted by Gasteiger charge is 2.21. The summed E-state index contributed by atoms with van der Waals surface area (Å²) in [5.74, 6) is 0. The molecule has 1 aromatic heterocycles. The largest absolute Gasteiger partial charge is 0.370 e. The minimum Gasteiger partial charge on any atom is -0.370 e. The van der Waals surface area contributed by atoms with E-state index in [2.05, 4.69) is 35.2 Å². The highest BCUT2D eigenvalue weighted by molar-refractivity contribution is 5.52.